The highest BCUT2D eigenvalue weighted by Crippen LogP contribution is 2.26. The molecule has 1 aromatic carbocycles. The largest absolute Gasteiger partial charge is 0.448 e. The van der Waals surface area contributed by atoms with Crippen molar-refractivity contribution in [3.8, 4) is 0 Å². The summed E-state index contributed by atoms with van der Waals surface area (Å²) in [7, 11) is 0. The summed E-state index contributed by atoms with van der Waals surface area (Å²) in [6.07, 6.45) is -0.836. The molecule has 0 bridgehead atoms. The second-order valence-electron chi connectivity index (χ2n) is 4.50. The standard InChI is InChI=1S/C13H15ClFN3O2/c1-7-5-11-10(6-9(7)15)17-12(8(2)14)18(11)3-4-20-13(16)19/h5-6,8H,3-4H2,1-2H3,(H2,16,19). The second-order valence-corrected chi connectivity index (χ2v) is 5.15. The number of aromatic nitrogens is 2. The first kappa shape index (κ1) is 14.6. The van der Waals surface area contributed by atoms with Gasteiger partial charge in [-0.05, 0) is 25.5 Å². The topological polar surface area (TPSA) is 70.1 Å². The number of alkyl halides is 1. The summed E-state index contributed by atoms with van der Waals surface area (Å²) in [5, 5.41) is -0.348. The minimum Gasteiger partial charge on any atom is -0.448 e. The number of carbonyl (C=O) groups excluding carboxylic acids is 1. The number of fused-ring (bicyclic) bond motifs is 1. The van der Waals surface area contributed by atoms with Crippen LogP contribution in [0.25, 0.3) is 11.0 Å². The van der Waals surface area contributed by atoms with Crippen LogP contribution in [0.2, 0.25) is 0 Å². The van der Waals surface area contributed by atoms with Crippen molar-refractivity contribution >= 4 is 28.7 Å². The molecule has 2 N–H and O–H groups in total. The molecule has 0 radical (unpaired) electrons. The van der Waals surface area contributed by atoms with Crippen LogP contribution in [-0.2, 0) is 11.3 Å². The molecule has 0 saturated heterocycles. The lowest BCUT2D eigenvalue weighted by Gasteiger charge is -2.10. The zero-order valence-electron chi connectivity index (χ0n) is 11.2. The van der Waals surface area contributed by atoms with E-state index < -0.39 is 6.09 Å². The number of carbonyl (C=O) groups is 1. The Morgan fingerprint density at radius 1 is 1.60 bits per heavy atom. The van der Waals surface area contributed by atoms with E-state index in [1.165, 1.54) is 6.07 Å². The maximum atomic E-state index is 13.6. The van der Waals surface area contributed by atoms with Crippen molar-refractivity contribution in [2.75, 3.05) is 6.61 Å². The molecule has 0 aliphatic rings. The van der Waals surface area contributed by atoms with Gasteiger partial charge in [-0.1, -0.05) is 0 Å². The summed E-state index contributed by atoms with van der Waals surface area (Å²) in [5.41, 5.74) is 6.71. The second kappa shape index (κ2) is 5.66. The van der Waals surface area contributed by atoms with Gasteiger partial charge in [-0.2, -0.15) is 0 Å². The van der Waals surface area contributed by atoms with Gasteiger partial charge in [0.25, 0.3) is 0 Å². The summed E-state index contributed by atoms with van der Waals surface area (Å²) < 4.78 is 20.1. The van der Waals surface area contributed by atoms with Crippen LogP contribution in [-0.4, -0.2) is 22.3 Å². The van der Waals surface area contributed by atoms with Crippen LogP contribution in [0, 0.1) is 12.7 Å². The summed E-state index contributed by atoms with van der Waals surface area (Å²) in [5.74, 6) is 0.282. The molecule has 1 amide bonds. The normalized spacial score (nSPS) is 12.6. The number of aryl methyl sites for hydroxylation is 1. The highest BCUT2D eigenvalue weighted by Gasteiger charge is 2.16. The minimum absolute atomic E-state index is 0.105. The van der Waals surface area contributed by atoms with Crippen LogP contribution < -0.4 is 5.73 Å². The lowest BCUT2D eigenvalue weighted by Crippen LogP contribution is -2.17. The van der Waals surface area contributed by atoms with Gasteiger partial charge >= 0.3 is 6.09 Å². The highest BCUT2D eigenvalue weighted by atomic mass is 35.5. The first-order valence-electron chi connectivity index (χ1n) is 6.12. The third-order valence-electron chi connectivity index (χ3n) is 2.97. The van der Waals surface area contributed by atoms with Gasteiger partial charge in [0.05, 0.1) is 23.0 Å². The SMILES string of the molecule is Cc1cc2c(cc1F)nc(C(C)Cl)n2CCOC(N)=O. The van der Waals surface area contributed by atoms with Crippen molar-refractivity contribution in [3.63, 3.8) is 0 Å². The first-order valence-corrected chi connectivity index (χ1v) is 6.56. The Bertz CT molecular complexity index is 655. The molecule has 1 unspecified atom stereocenters. The molecule has 5 nitrogen and oxygen atoms in total. The Labute approximate surface area is 120 Å². The number of primary amides is 1. The van der Waals surface area contributed by atoms with Crippen molar-refractivity contribution in [1.82, 2.24) is 9.55 Å². The molecule has 1 heterocycles. The maximum absolute atomic E-state index is 13.6. The maximum Gasteiger partial charge on any atom is 0.404 e. The van der Waals surface area contributed by atoms with Crippen LogP contribution in [0.3, 0.4) is 0 Å². The van der Waals surface area contributed by atoms with E-state index in [0.29, 0.717) is 23.4 Å². The number of nitrogens with zero attached hydrogens (tertiary/aromatic N) is 2. The molecule has 20 heavy (non-hydrogen) atoms. The van der Waals surface area contributed by atoms with Crippen molar-refractivity contribution in [1.29, 1.82) is 0 Å². The average Bonchev–Trinajstić information content (AvgIpc) is 2.68. The lowest BCUT2D eigenvalue weighted by molar-refractivity contribution is 0.152. The van der Waals surface area contributed by atoms with Crippen molar-refractivity contribution < 1.29 is 13.9 Å². The van der Waals surface area contributed by atoms with Gasteiger partial charge in [0.1, 0.15) is 18.2 Å². The van der Waals surface area contributed by atoms with Gasteiger partial charge in [-0.15, -0.1) is 11.6 Å². The molecule has 0 aliphatic carbocycles. The predicted octanol–water partition coefficient (Wildman–Crippen LogP) is 2.88. The van der Waals surface area contributed by atoms with E-state index in [2.05, 4.69) is 4.98 Å². The Morgan fingerprint density at radius 3 is 2.90 bits per heavy atom. The summed E-state index contributed by atoms with van der Waals surface area (Å²) >= 11 is 6.09. The van der Waals surface area contributed by atoms with Gasteiger partial charge in [-0.25, -0.2) is 14.2 Å². The first-order chi connectivity index (χ1) is 9.40. The van der Waals surface area contributed by atoms with E-state index in [1.54, 1.807) is 19.9 Å². The smallest absolute Gasteiger partial charge is 0.404 e. The van der Waals surface area contributed by atoms with Crippen molar-refractivity contribution in [2.24, 2.45) is 5.73 Å². The third kappa shape index (κ3) is 2.85. The van der Waals surface area contributed by atoms with Crippen LogP contribution in [0.4, 0.5) is 9.18 Å². The Morgan fingerprint density at radius 2 is 2.30 bits per heavy atom. The number of hydrogen-bond acceptors (Lipinski definition) is 3. The van der Waals surface area contributed by atoms with Crippen molar-refractivity contribution in [2.45, 2.75) is 25.8 Å². The van der Waals surface area contributed by atoms with Crippen LogP contribution in [0.1, 0.15) is 23.7 Å². The zero-order chi connectivity index (χ0) is 14.9. The van der Waals surface area contributed by atoms with Crippen molar-refractivity contribution in [3.05, 3.63) is 29.3 Å². The van der Waals surface area contributed by atoms with Crippen LogP contribution in [0.5, 0.6) is 0 Å². The van der Waals surface area contributed by atoms with Gasteiger partial charge in [0.2, 0.25) is 0 Å². The molecular formula is C13H15ClFN3O2. The Hall–Kier alpha value is -1.82. The molecule has 1 atom stereocenters. The fourth-order valence-electron chi connectivity index (χ4n) is 2.04. The van der Waals surface area contributed by atoms with Crippen LogP contribution in [0.15, 0.2) is 12.1 Å². The molecule has 2 rings (SSSR count). The molecule has 1 aromatic heterocycles. The molecule has 108 valence electrons. The molecule has 0 aliphatic heterocycles. The molecule has 7 heteroatoms. The predicted molar refractivity (Wildman–Crippen MR) is 74.2 cm³/mol. The lowest BCUT2D eigenvalue weighted by atomic mass is 10.2. The van der Waals surface area contributed by atoms with Gasteiger partial charge in [0, 0.05) is 6.07 Å². The summed E-state index contributed by atoms with van der Waals surface area (Å²) in [6.45, 7) is 3.91. The Kier molecular flexibility index (Phi) is 4.13. The number of rotatable bonds is 4. The van der Waals surface area contributed by atoms with Crippen LogP contribution >= 0.6 is 11.6 Å². The number of benzene rings is 1. The number of halogens is 2. The number of ether oxygens (including phenoxy) is 1. The van der Waals surface area contributed by atoms with E-state index in [4.69, 9.17) is 22.1 Å². The van der Waals surface area contributed by atoms with E-state index in [9.17, 15) is 9.18 Å². The minimum atomic E-state index is -0.836. The van der Waals surface area contributed by atoms with E-state index in [-0.39, 0.29) is 17.8 Å². The van der Waals surface area contributed by atoms with Gasteiger partial charge in [-0.3, -0.25) is 0 Å². The number of nitrogens with two attached hydrogens (primary N) is 1. The van der Waals surface area contributed by atoms with E-state index in [1.807, 2.05) is 4.57 Å². The van der Waals surface area contributed by atoms with Gasteiger partial charge < -0.3 is 15.0 Å². The molecule has 2 aromatic rings. The quantitative estimate of drug-likeness (QED) is 0.883. The molecular weight excluding hydrogens is 285 g/mol. The molecule has 0 saturated carbocycles. The molecule has 0 fully saturated rings. The average molecular weight is 300 g/mol. The zero-order valence-corrected chi connectivity index (χ0v) is 11.9. The van der Waals surface area contributed by atoms with Gasteiger partial charge in [0.15, 0.2) is 0 Å². The number of imidazole rings is 1. The van der Waals surface area contributed by atoms with E-state index >= 15 is 0 Å². The van der Waals surface area contributed by atoms with E-state index in [0.717, 1.165) is 5.52 Å². The third-order valence-corrected chi connectivity index (χ3v) is 3.17. The fraction of sp³-hybridized carbons (Fsp3) is 0.385. The Balaban J connectivity index is 2.45. The monoisotopic (exact) mass is 299 g/mol. The number of amides is 1. The number of hydrogen-bond donors (Lipinski definition) is 1. The summed E-state index contributed by atoms with van der Waals surface area (Å²) in [6, 6.07) is 3.07. The highest BCUT2D eigenvalue weighted by molar-refractivity contribution is 6.20. The summed E-state index contributed by atoms with van der Waals surface area (Å²) in [4.78, 5) is 14.9. The molecule has 0 spiro atoms. The fourth-order valence-corrected chi connectivity index (χ4v) is 2.21.